The maximum Gasteiger partial charge on any atom is 0.230 e. The normalized spacial score (nSPS) is 12.1. The van der Waals surface area contributed by atoms with E-state index in [1.165, 1.54) is 30.2 Å². The van der Waals surface area contributed by atoms with E-state index in [-0.39, 0.29) is 17.7 Å². The van der Waals surface area contributed by atoms with Crippen molar-refractivity contribution in [1.82, 2.24) is 25.5 Å². The molecule has 1 heterocycles. The molecule has 1 aromatic carbocycles. The van der Waals surface area contributed by atoms with Crippen LogP contribution in [0.15, 0.2) is 29.4 Å². The van der Waals surface area contributed by atoms with Crippen molar-refractivity contribution in [2.75, 3.05) is 19.5 Å². The van der Waals surface area contributed by atoms with Crippen LogP contribution >= 0.6 is 11.8 Å². The molecule has 0 fully saturated rings. The molecule has 2 aromatic rings. The van der Waals surface area contributed by atoms with Gasteiger partial charge in [0.1, 0.15) is 0 Å². The fourth-order valence-electron chi connectivity index (χ4n) is 2.35. The summed E-state index contributed by atoms with van der Waals surface area (Å²) in [4.78, 5) is 12.0. The number of nitrogens with one attached hydrogen (secondary N) is 1. The minimum atomic E-state index is -0.0704. The van der Waals surface area contributed by atoms with E-state index in [4.69, 9.17) is 4.74 Å². The second-order valence-corrected chi connectivity index (χ2v) is 6.80. The number of hydrogen-bond donors (Lipinski definition) is 1. The van der Waals surface area contributed by atoms with Gasteiger partial charge in [-0.05, 0) is 47.9 Å². The van der Waals surface area contributed by atoms with E-state index in [0.29, 0.717) is 11.8 Å². The first kappa shape index (κ1) is 19.4. The molecule has 0 bridgehead atoms. The zero-order valence-corrected chi connectivity index (χ0v) is 15.8. The van der Waals surface area contributed by atoms with Crippen molar-refractivity contribution in [1.29, 1.82) is 0 Å². The predicted octanol–water partition coefficient (Wildman–Crippen LogP) is 2.25. The lowest BCUT2D eigenvalue weighted by Crippen LogP contribution is -2.36. The molecule has 1 aromatic heterocycles. The molecule has 0 aliphatic rings. The maximum atomic E-state index is 12.0. The summed E-state index contributed by atoms with van der Waals surface area (Å²) < 4.78 is 6.66. The average molecular weight is 363 g/mol. The molecule has 0 radical (unpaired) electrons. The van der Waals surface area contributed by atoms with Crippen molar-refractivity contribution in [2.24, 2.45) is 0 Å². The Bertz CT molecular complexity index is 659. The van der Waals surface area contributed by atoms with Crippen LogP contribution < -0.4 is 5.32 Å². The number of carbonyl (C=O) groups is 1. The monoisotopic (exact) mass is 363 g/mol. The van der Waals surface area contributed by atoms with E-state index in [2.05, 4.69) is 39.9 Å². The Kier molecular flexibility index (Phi) is 7.87. The summed E-state index contributed by atoms with van der Waals surface area (Å²) in [6.45, 7) is 4.57. The molecular formula is C17H25N5O2S. The highest BCUT2D eigenvalue weighted by Crippen LogP contribution is 2.18. The largest absolute Gasteiger partial charge is 0.383 e. The van der Waals surface area contributed by atoms with Crippen LogP contribution in [0.5, 0.6) is 0 Å². The third kappa shape index (κ3) is 6.13. The van der Waals surface area contributed by atoms with Crippen LogP contribution in [0.2, 0.25) is 0 Å². The number of aryl methyl sites for hydroxylation is 1. The lowest BCUT2D eigenvalue weighted by Gasteiger charge is -2.12. The minimum Gasteiger partial charge on any atom is -0.383 e. The van der Waals surface area contributed by atoms with E-state index < -0.39 is 0 Å². The third-order valence-electron chi connectivity index (χ3n) is 3.60. The van der Waals surface area contributed by atoms with Gasteiger partial charge in [0, 0.05) is 13.2 Å². The van der Waals surface area contributed by atoms with Gasteiger partial charge in [-0.1, -0.05) is 37.2 Å². The summed E-state index contributed by atoms with van der Waals surface area (Å²) in [5, 5.41) is 15.2. The summed E-state index contributed by atoms with van der Waals surface area (Å²) in [6, 6.07) is 8.18. The zero-order chi connectivity index (χ0) is 18.1. The Morgan fingerprint density at radius 1 is 1.36 bits per heavy atom. The topological polar surface area (TPSA) is 81.9 Å². The standard InChI is InChI=1S/C17H25N5O2S/c1-4-5-6-14-7-9-15(10-8-14)22-17(19-20-21-22)25-12-16(23)18-13(2)11-24-3/h7-10,13H,4-6,11-12H2,1-3H3,(H,18,23). The highest BCUT2D eigenvalue weighted by Gasteiger charge is 2.13. The number of tetrazole rings is 1. The average Bonchev–Trinajstić information content (AvgIpc) is 3.07. The number of methoxy groups -OCH3 is 1. The molecule has 2 rings (SSSR count). The lowest BCUT2D eigenvalue weighted by atomic mass is 10.1. The van der Waals surface area contributed by atoms with Crippen LogP contribution in [-0.2, 0) is 16.0 Å². The van der Waals surface area contributed by atoms with Gasteiger partial charge in [-0.15, -0.1) is 5.10 Å². The van der Waals surface area contributed by atoms with Crippen LogP contribution in [0.4, 0.5) is 0 Å². The van der Waals surface area contributed by atoms with Crippen molar-refractivity contribution in [3.05, 3.63) is 29.8 Å². The van der Waals surface area contributed by atoms with E-state index in [1.807, 2.05) is 19.1 Å². The molecule has 25 heavy (non-hydrogen) atoms. The molecule has 0 saturated carbocycles. The third-order valence-corrected chi connectivity index (χ3v) is 4.52. The highest BCUT2D eigenvalue weighted by atomic mass is 32.2. The molecule has 8 heteroatoms. The Morgan fingerprint density at radius 2 is 2.12 bits per heavy atom. The number of amides is 1. The predicted molar refractivity (Wildman–Crippen MR) is 98.0 cm³/mol. The Balaban J connectivity index is 1.94. The van der Waals surface area contributed by atoms with Gasteiger partial charge in [-0.3, -0.25) is 4.79 Å². The minimum absolute atomic E-state index is 0.0234. The Labute approximate surface area is 152 Å². The number of rotatable bonds is 10. The first-order valence-electron chi connectivity index (χ1n) is 8.42. The van der Waals surface area contributed by atoms with Gasteiger partial charge in [0.15, 0.2) is 0 Å². The summed E-state index contributed by atoms with van der Waals surface area (Å²) in [5.74, 6) is 0.183. The van der Waals surface area contributed by atoms with Crippen molar-refractivity contribution in [3.8, 4) is 5.69 Å². The summed E-state index contributed by atoms with van der Waals surface area (Å²) in [7, 11) is 1.61. The van der Waals surface area contributed by atoms with Gasteiger partial charge in [0.25, 0.3) is 0 Å². The van der Waals surface area contributed by atoms with E-state index >= 15 is 0 Å². The first-order valence-corrected chi connectivity index (χ1v) is 9.41. The van der Waals surface area contributed by atoms with Gasteiger partial charge in [0.2, 0.25) is 11.1 Å². The second-order valence-electron chi connectivity index (χ2n) is 5.86. The fourth-order valence-corrected chi connectivity index (χ4v) is 3.06. The van der Waals surface area contributed by atoms with Crippen molar-refractivity contribution >= 4 is 17.7 Å². The number of unbranched alkanes of at least 4 members (excludes halogenated alkanes) is 1. The molecule has 1 N–H and O–H groups in total. The van der Waals surface area contributed by atoms with Crippen molar-refractivity contribution in [3.63, 3.8) is 0 Å². The quantitative estimate of drug-likeness (QED) is 0.652. The van der Waals surface area contributed by atoms with Crippen molar-refractivity contribution < 1.29 is 9.53 Å². The van der Waals surface area contributed by atoms with E-state index in [9.17, 15) is 4.79 Å². The molecule has 1 atom stereocenters. The molecule has 0 aliphatic carbocycles. The Morgan fingerprint density at radius 3 is 2.80 bits per heavy atom. The molecule has 1 unspecified atom stereocenters. The molecule has 0 saturated heterocycles. The van der Waals surface area contributed by atoms with Crippen LogP contribution in [0, 0.1) is 0 Å². The molecule has 0 aliphatic heterocycles. The smallest absolute Gasteiger partial charge is 0.230 e. The Hall–Kier alpha value is -1.93. The van der Waals surface area contributed by atoms with Crippen LogP contribution in [0.3, 0.4) is 0 Å². The molecule has 1 amide bonds. The number of nitrogens with zero attached hydrogens (tertiary/aromatic N) is 4. The first-order chi connectivity index (χ1) is 12.1. The van der Waals surface area contributed by atoms with Crippen LogP contribution in [-0.4, -0.2) is 51.6 Å². The van der Waals surface area contributed by atoms with Gasteiger partial charge in [-0.2, -0.15) is 4.68 Å². The SMILES string of the molecule is CCCCc1ccc(-n2nnnc2SCC(=O)NC(C)COC)cc1. The number of hydrogen-bond acceptors (Lipinski definition) is 6. The van der Waals surface area contributed by atoms with Gasteiger partial charge in [-0.25, -0.2) is 0 Å². The summed E-state index contributed by atoms with van der Waals surface area (Å²) >= 11 is 1.31. The van der Waals surface area contributed by atoms with Gasteiger partial charge in [0.05, 0.1) is 18.0 Å². The number of carbonyl (C=O) groups excluding carboxylic acids is 1. The lowest BCUT2D eigenvalue weighted by molar-refractivity contribution is -0.119. The molecule has 0 spiro atoms. The second kappa shape index (κ2) is 10.1. The number of ether oxygens (including phenoxy) is 1. The van der Waals surface area contributed by atoms with Crippen LogP contribution in [0.1, 0.15) is 32.3 Å². The van der Waals surface area contributed by atoms with Crippen LogP contribution in [0.25, 0.3) is 5.69 Å². The van der Waals surface area contributed by atoms with Gasteiger partial charge >= 0.3 is 0 Å². The number of benzene rings is 1. The number of thioether (sulfide) groups is 1. The zero-order valence-electron chi connectivity index (χ0n) is 14.9. The molecule has 136 valence electrons. The van der Waals surface area contributed by atoms with E-state index in [1.54, 1.807) is 11.8 Å². The summed E-state index contributed by atoms with van der Waals surface area (Å²) in [6.07, 6.45) is 3.44. The summed E-state index contributed by atoms with van der Waals surface area (Å²) in [5.41, 5.74) is 2.19. The highest BCUT2D eigenvalue weighted by molar-refractivity contribution is 7.99. The molecule has 7 nitrogen and oxygen atoms in total. The fraction of sp³-hybridized carbons (Fsp3) is 0.529. The van der Waals surface area contributed by atoms with Crippen molar-refractivity contribution in [2.45, 2.75) is 44.3 Å². The van der Waals surface area contributed by atoms with Gasteiger partial charge < -0.3 is 10.1 Å². The maximum absolute atomic E-state index is 12.0. The number of aromatic nitrogens is 4. The van der Waals surface area contributed by atoms with E-state index in [0.717, 1.165) is 12.1 Å². The molecular weight excluding hydrogens is 338 g/mol.